The Labute approximate surface area is 103 Å². The van der Waals surface area contributed by atoms with Crippen LogP contribution in [0, 0.1) is 0 Å². The number of ether oxygens (including phenoxy) is 2. The summed E-state index contributed by atoms with van der Waals surface area (Å²) >= 11 is 0. The molecule has 0 saturated carbocycles. The van der Waals surface area contributed by atoms with Gasteiger partial charge in [-0.25, -0.2) is 0 Å². The van der Waals surface area contributed by atoms with Crippen molar-refractivity contribution in [2.24, 2.45) is 0 Å². The molecule has 17 heavy (non-hydrogen) atoms. The first-order valence-electron chi connectivity index (χ1n) is 6.18. The molecule has 0 spiro atoms. The van der Waals surface area contributed by atoms with Crippen LogP contribution in [0.25, 0.3) is 0 Å². The lowest BCUT2D eigenvalue weighted by atomic mass is 10.0. The van der Waals surface area contributed by atoms with Gasteiger partial charge in [0.25, 0.3) is 0 Å². The van der Waals surface area contributed by atoms with E-state index in [9.17, 15) is 0 Å². The van der Waals surface area contributed by atoms with Gasteiger partial charge in [-0.05, 0) is 30.5 Å². The molecule has 1 heterocycles. The fourth-order valence-electron chi connectivity index (χ4n) is 2.38. The maximum absolute atomic E-state index is 5.27. The van der Waals surface area contributed by atoms with Crippen LogP contribution >= 0.6 is 0 Å². The Morgan fingerprint density at radius 1 is 1.18 bits per heavy atom. The zero-order chi connectivity index (χ0) is 12.1. The normalized spacial score (nSPS) is 16.9. The van der Waals surface area contributed by atoms with Crippen molar-refractivity contribution in [3.63, 3.8) is 0 Å². The van der Waals surface area contributed by atoms with Crippen molar-refractivity contribution >= 4 is 0 Å². The van der Waals surface area contributed by atoms with E-state index < -0.39 is 0 Å². The summed E-state index contributed by atoms with van der Waals surface area (Å²) in [5.41, 5.74) is 2.93. The van der Waals surface area contributed by atoms with E-state index in [0.29, 0.717) is 0 Å². The second-order valence-corrected chi connectivity index (χ2v) is 4.51. The van der Waals surface area contributed by atoms with Crippen LogP contribution in [0.4, 0.5) is 0 Å². The molecular weight excluding hydrogens is 214 g/mol. The first-order chi connectivity index (χ1) is 8.33. The predicted molar refractivity (Wildman–Crippen MR) is 67.8 cm³/mol. The molecular formula is C14H21NO2. The van der Waals surface area contributed by atoms with Gasteiger partial charge in [0.2, 0.25) is 0 Å². The fourth-order valence-corrected chi connectivity index (χ4v) is 2.38. The molecule has 2 rings (SSSR count). The summed E-state index contributed by atoms with van der Waals surface area (Å²) in [6.07, 6.45) is 2.26. The van der Waals surface area contributed by atoms with E-state index in [0.717, 1.165) is 19.6 Å². The van der Waals surface area contributed by atoms with Crippen LogP contribution < -0.4 is 0 Å². The summed E-state index contributed by atoms with van der Waals surface area (Å²) in [6.45, 7) is 2.94. The number of fused-ring (bicyclic) bond motifs is 1. The van der Waals surface area contributed by atoms with E-state index in [4.69, 9.17) is 9.47 Å². The molecule has 0 unspecified atom stereocenters. The van der Waals surface area contributed by atoms with Gasteiger partial charge in [-0.3, -0.25) is 4.90 Å². The molecule has 1 aromatic rings. The van der Waals surface area contributed by atoms with E-state index in [1.807, 2.05) is 0 Å². The summed E-state index contributed by atoms with van der Waals surface area (Å²) < 4.78 is 10.5. The Kier molecular flexibility index (Phi) is 4.54. The summed E-state index contributed by atoms with van der Waals surface area (Å²) in [5, 5.41) is 0. The van der Waals surface area contributed by atoms with Crippen molar-refractivity contribution in [2.75, 3.05) is 27.3 Å². The van der Waals surface area contributed by atoms with Gasteiger partial charge in [0.05, 0.1) is 0 Å². The summed E-state index contributed by atoms with van der Waals surface area (Å²) in [5.74, 6) is 0. The van der Waals surface area contributed by atoms with E-state index >= 15 is 0 Å². The van der Waals surface area contributed by atoms with E-state index in [1.54, 1.807) is 14.2 Å². The van der Waals surface area contributed by atoms with E-state index in [1.165, 1.54) is 24.0 Å². The second-order valence-electron chi connectivity index (χ2n) is 4.51. The zero-order valence-corrected chi connectivity index (χ0v) is 10.7. The van der Waals surface area contributed by atoms with Crippen LogP contribution in [0.5, 0.6) is 0 Å². The van der Waals surface area contributed by atoms with Gasteiger partial charge in [-0.1, -0.05) is 24.3 Å². The highest BCUT2D eigenvalue weighted by Crippen LogP contribution is 2.18. The van der Waals surface area contributed by atoms with Gasteiger partial charge < -0.3 is 9.47 Å². The smallest absolute Gasteiger partial charge is 0.169 e. The van der Waals surface area contributed by atoms with Crippen LogP contribution in [0.15, 0.2) is 24.3 Å². The zero-order valence-electron chi connectivity index (χ0n) is 10.7. The minimum Gasteiger partial charge on any atom is -0.355 e. The SMILES string of the molecule is COC(CN1CCCc2ccccc2C1)OC. The minimum atomic E-state index is -0.125. The molecule has 0 radical (unpaired) electrons. The van der Waals surface area contributed by atoms with Crippen LogP contribution in [0.1, 0.15) is 17.5 Å². The number of methoxy groups -OCH3 is 2. The van der Waals surface area contributed by atoms with Gasteiger partial charge in [-0.15, -0.1) is 0 Å². The highest BCUT2D eigenvalue weighted by atomic mass is 16.7. The maximum atomic E-state index is 5.27. The van der Waals surface area contributed by atoms with Gasteiger partial charge in [0.1, 0.15) is 0 Å². The molecule has 3 heteroatoms. The first-order valence-corrected chi connectivity index (χ1v) is 6.18. The lowest BCUT2D eigenvalue weighted by Gasteiger charge is -2.24. The summed E-state index contributed by atoms with van der Waals surface area (Å²) in [4.78, 5) is 2.41. The van der Waals surface area contributed by atoms with Crippen molar-refractivity contribution in [1.29, 1.82) is 0 Å². The van der Waals surface area contributed by atoms with Gasteiger partial charge in [0, 0.05) is 27.3 Å². The highest BCUT2D eigenvalue weighted by Gasteiger charge is 2.17. The van der Waals surface area contributed by atoms with Crippen LogP contribution in [0.2, 0.25) is 0 Å². The Morgan fingerprint density at radius 3 is 2.59 bits per heavy atom. The molecule has 3 nitrogen and oxygen atoms in total. The first kappa shape index (κ1) is 12.6. The molecule has 0 aliphatic carbocycles. The quantitative estimate of drug-likeness (QED) is 0.746. The summed E-state index contributed by atoms with van der Waals surface area (Å²) in [7, 11) is 3.39. The van der Waals surface area contributed by atoms with Crippen molar-refractivity contribution < 1.29 is 9.47 Å². The van der Waals surface area contributed by atoms with Crippen molar-refractivity contribution in [3.05, 3.63) is 35.4 Å². The molecule has 0 amide bonds. The minimum absolute atomic E-state index is 0.125. The molecule has 1 aromatic carbocycles. The van der Waals surface area contributed by atoms with Crippen LogP contribution in [0.3, 0.4) is 0 Å². The number of hydrogen-bond donors (Lipinski definition) is 0. The second kappa shape index (κ2) is 6.15. The Balaban J connectivity index is 2.02. The Morgan fingerprint density at radius 2 is 1.88 bits per heavy atom. The number of hydrogen-bond acceptors (Lipinski definition) is 3. The van der Waals surface area contributed by atoms with E-state index in [-0.39, 0.29) is 6.29 Å². The molecule has 0 aromatic heterocycles. The average Bonchev–Trinajstić information content (AvgIpc) is 2.57. The molecule has 1 aliphatic rings. The lowest BCUT2D eigenvalue weighted by molar-refractivity contribution is -0.117. The molecule has 0 saturated heterocycles. The topological polar surface area (TPSA) is 21.7 Å². The van der Waals surface area contributed by atoms with Crippen molar-refractivity contribution in [3.8, 4) is 0 Å². The standard InChI is InChI=1S/C14H21NO2/c1-16-14(17-2)11-15-9-5-8-12-6-3-4-7-13(12)10-15/h3-4,6-7,14H,5,8-11H2,1-2H3. The third kappa shape index (κ3) is 3.28. The van der Waals surface area contributed by atoms with Gasteiger partial charge in [-0.2, -0.15) is 0 Å². The Bertz CT molecular complexity index is 350. The van der Waals surface area contributed by atoms with E-state index in [2.05, 4.69) is 29.2 Å². The number of benzene rings is 1. The summed E-state index contributed by atoms with van der Waals surface area (Å²) in [6, 6.07) is 8.71. The van der Waals surface area contributed by atoms with Gasteiger partial charge >= 0.3 is 0 Å². The van der Waals surface area contributed by atoms with Crippen molar-refractivity contribution in [2.45, 2.75) is 25.7 Å². The molecule has 94 valence electrons. The lowest BCUT2D eigenvalue weighted by Crippen LogP contribution is -2.34. The largest absolute Gasteiger partial charge is 0.355 e. The maximum Gasteiger partial charge on any atom is 0.169 e. The monoisotopic (exact) mass is 235 g/mol. The highest BCUT2D eigenvalue weighted by molar-refractivity contribution is 5.27. The molecule has 1 aliphatic heterocycles. The molecule has 0 fully saturated rings. The van der Waals surface area contributed by atoms with Crippen LogP contribution in [-0.2, 0) is 22.4 Å². The Hall–Kier alpha value is -0.900. The number of aryl methyl sites for hydroxylation is 1. The molecule has 0 atom stereocenters. The predicted octanol–water partition coefficient (Wildman–Crippen LogP) is 2.05. The molecule has 0 bridgehead atoms. The average molecular weight is 235 g/mol. The fraction of sp³-hybridized carbons (Fsp3) is 0.571. The third-order valence-electron chi connectivity index (χ3n) is 3.37. The number of nitrogens with zero attached hydrogens (tertiary/aromatic N) is 1. The van der Waals surface area contributed by atoms with Crippen LogP contribution in [-0.4, -0.2) is 38.5 Å². The molecule has 0 N–H and O–H groups in total. The van der Waals surface area contributed by atoms with Gasteiger partial charge in [0.15, 0.2) is 6.29 Å². The van der Waals surface area contributed by atoms with Crippen molar-refractivity contribution in [1.82, 2.24) is 4.90 Å². The third-order valence-corrected chi connectivity index (χ3v) is 3.37. The number of rotatable bonds is 4.